The lowest BCUT2D eigenvalue weighted by Crippen LogP contribution is -2.20. The summed E-state index contributed by atoms with van der Waals surface area (Å²) in [6.07, 6.45) is 1.49. The molecular formula is C27H19ClIN3O6. The molecule has 192 valence electrons. The van der Waals surface area contributed by atoms with Gasteiger partial charge < -0.3 is 19.0 Å². The van der Waals surface area contributed by atoms with Crippen LogP contribution < -0.4 is 15.0 Å². The fourth-order valence-electron chi connectivity index (χ4n) is 3.84. The van der Waals surface area contributed by atoms with Crippen molar-refractivity contribution in [2.45, 2.75) is 6.92 Å². The van der Waals surface area contributed by atoms with E-state index in [9.17, 15) is 9.59 Å². The van der Waals surface area contributed by atoms with E-state index in [0.29, 0.717) is 54.5 Å². The lowest BCUT2D eigenvalue weighted by molar-refractivity contribution is -0.139. The number of ether oxygens (including phenoxy) is 2. The first-order valence-corrected chi connectivity index (χ1v) is 12.9. The second-order valence-corrected chi connectivity index (χ2v) is 9.65. The number of carbonyl (C=O) groups is 1. The fourth-order valence-corrected chi connectivity index (χ4v) is 4.80. The third-order valence-electron chi connectivity index (χ3n) is 5.45. The Morgan fingerprint density at radius 2 is 2.00 bits per heavy atom. The molecule has 0 bridgehead atoms. The third kappa shape index (κ3) is 5.22. The van der Waals surface area contributed by atoms with Crippen molar-refractivity contribution in [1.82, 2.24) is 9.66 Å². The van der Waals surface area contributed by atoms with Crippen LogP contribution in [0, 0.1) is 3.57 Å². The number of halogens is 2. The summed E-state index contributed by atoms with van der Waals surface area (Å²) in [5, 5.41) is 15.2. The van der Waals surface area contributed by atoms with Crippen molar-refractivity contribution in [3.63, 3.8) is 0 Å². The van der Waals surface area contributed by atoms with E-state index < -0.39 is 12.6 Å². The van der Waals surface area contributed by atoms with E-state index in [4.69, 9.17) is 30.6 Å². The summed E-state index contributed by atoms with van der Waals surface area (Å²) in [4.78, 5) is 29.2. The van der Waals surface area contributed by atoms with Crippen LogP contribution in [0.15, 0.2) is 75.0 Å². The molecule has 2 aromatic heterocycles. The zero-order valence-electron chi connectivity index (χ0n) is 19.9. The van der Waals surface area contributed by atoms with Crippen LogP contribution in [0.3, 0.4) is 0 Å². The van der Waals surface area contributed by atoms with E-state index in [0.717, 1.165) is 5.39 Å². The molecule has 0 fully saturated rings. The topological polar surface area (TPSA) is 116 Å². The molecule has 9 nitrogen and oxygen atoms in total. The number of furan rings is 1. The molecule has 0 aliphatic carbocycles. The van der Waals surface area contributed by atoms with Crippen LogP contribution in [0.1, 0.15) is 12.5 Å². The number of fused-ring (bicyclic) bond motifs is 2. The molecule has 0 spiro atoms. The minimum absolute atomic E-state index is 0.221. The van der Waals surface area contributed by atoms with Gasteiger partial charge in [-0.25, -0.2) is 9.78 Å². The summed E-state index contributed by atoms with van der Waals surface area (Å²) in [5.74, 6) is 0.152. The number of benzene rings is 3. The highest BCUT2D eigenvalue weighted by Gasteiger charge is 2.17. The first-order valence-electron chi connectivity index (χ1n) is 11.4. The van der Waals surface area contributed by atoms with Crippen LogP contribution in [0.25, 0.3) is 33.5 Å². The molecule has 2 heterocycles. The smallest absolute Gasteiger partial charge is 0.341 e. The second kappa shape index (κ2) is 10.8. The maximum absolute atomic E-state index is 13.5. The largest absolute Gasteiger partial charge is 0.490 e. The second-order valence-electron chi connectivity index (χ2n) is 8.05. The number of carboxylic acid groups (broad SMARTS) is 1. The van der Waals surface area contributed by atoms with Crippen molar-refractivity contribution in [3.8, 4) is 23.1 Å². The molecule has 0 saturated carbocycles. The molecule has 38 heavy (non-hydrogen) atoms. The normalized spacial score (nSPS) is 11.4. The number of rotatable bonds is 8. The van der Waals surface area contributed by atoms with Gasteiger partial charge in [-0.1, -0.05) is 23.7 Å². The maximum Gasteiger partial charge on any atom is 0.341 e. The summed E-state index contributed by atoms with van der Waals surface area (Å²) >= 11 is 8.17. The third-order valence-corrected chi connectivity index (χ3v) is 6.48. The highest BCUT2D eigenvalue weighted by molar-refractivity contribution is 14.1. The lowest BCUT2D eigenvalue weighted by Gasteiger charge is -2.13. The van der Waals surface area contributed by atoms with Gasteiger partial charge in [0.25, 0.3) is 5.56 Å². The van der Waals surface area contributed by atoms with E-state index in [1.807, 2.05) is 29.5 Å². The number of nitrogens with zero attached hydrogens (tertiary/aromatic N) is 3. The summed E-state index contributed by atoms with van der Waals surface area (Å²) in [6, 6.07) is 17.4. The first kappa shape index (κ1) is 25.7. The van der Waals surface area contributed by atoms with Crippen LogP contribution in [0.5, 0.6) is 11.5 Å². The number of hydrogen-bond acceptors (Lipinski definition) is 7. The monoisotopic (exact) mass is 643 g/mol. The van der Waals surface area contributed by atoms with E-state index >= 15 is 0 Å². The van der Waals surface area contributed by atoms with E-state index in [2.05, 4.69) is 10.1 Å². The van der Waals surface area contributed by atoms with Gasteiger partial charge in [-0.05, 0) is 83.6 Å². The number of para-hydroxylation sites is 1. The van der Waals surface area contributed by atoms with Crippen molar-refractivity contribution in [1.29, 1.82) is 0 Å². The molecule has 5 aromatic rings. The predicted octanol–water partition coefficient (Wildman–Crippen LogP) is 5.81. The Balaban J connectivity index is 1.63. The van der Waals surface area contributed by atoms with E-state index in [1.165, 1.54) is 10.9 Å². The van der Waals surface area contributed by atoms with Gasteiger partial charge >= 0.3 is 5.97 Å². The zero-order valence-corrected chi connectivity index (χ0v) is 22.8. The predicted molar refractivity (Wildman–Crippen MR) is 153 cm³/mol. The summed E-state index contributed by atoms with van der Waals surface area (Å²) < 4.78 is 18.9. The number of aromatic nitrogens is 2. The average molecular weight is 644 g/mol. The Hall–Kier alpha value is -3.90. The molecule has 3 aromatic carbocycles. The van der Waals surface area contributed by atoms with E-state index in [-0.39, 0.29) is 11.4 Å². The fraction of sp³-hybridized carbons (Fsp3) is 0.111. The molecule has 1 N–H and O–H groups in total. The van der Waals surface area contributed by atoms with Gasteiger partial charge in [-0.3, -0.25) is 4.79 Å². The Bertz CT molecular complexity index is 1780. The van der Waals surface area contributed by atoms with Gasteiger partial charge in [0, 0.05) is 10.4 Å². The molecule has 0 saturated heterocycles. The molecule has 11 heteroatoms. The molecule has 0 atom stereocenters. The number of aliphatic carboxylic acids is 1. The van der Waals surface area contributed by atoms with Crippen LogP contribution in [0.2, 0.25) is 5.02 Å². The zero-order chi connectivity index (χ0) is 26.8. The minimum atomic E-state index is -1.10. The van der Waals surface area contributed by atoms with Crippen molar-refractivity contribution in [2.75, 3.05) is 13.2 Å². The van der Waals surface area contributed by atoms with Gasteiger partial charge in [0.2, 0.25) is 5.82 Å². The summed E-state index contributed by atoms with van der Waals surface area (Å²) in [7, 11) is 0. The van der Waals surface area contributed by atoms with Gasteiger partial charge in [0.05, 0.1) is 27.3 Å². The Morgan fingerprint density at radius 1 is 1.18 bits per heavy atom. The quantitative estimate of drug-likeness (QED) is 0.168. The highest BCUT2D eigenvalue weighted by Crippen LogP contribution is 2.34. The number of carboxylic acids is 1. The van der Waals surface area contributed by atoms with Crippen molar-refractivity contribution in [3.05, 3.63) is 85.2 Å². The van der Waals surface area contributed by atoms with Crippen molar-refractivity contribution >= 4 is 68.2 Å². The molecule has 5 rings (SSSR count). The summed E-state index contributed by atoms with van der Waals surface area (Å²) in [6.45, 7) is 1.64. The molecule has 0 amide bonds. The van der Waals surface area contributed by atoms with Crippen LogP contribution in [0.4, 0.5) is 0 Å². The van der Waals surface area contributed by atoms with Gasteiger partial charge in [0.15, 0.2) is 23.9 Å². The van der Waals surface area contributed by atoms with Crippen LogP contribution in [-0.2, 0) is 4.79 Å². The average Bonchev–Trinajstić information content (AvgIpc) is 3.30. The molecule has 0 radical (unpaired) electrons. The first-order chi connectivity index (χ1) is 18.3. The molecule has 0 unspecified atom stereocenters. The molecular weight excluding hydrogens is 625 g/mol. The maximum atomic E-state index is 13.5. The SMILES string of the molecule is CCOc1cc(C=Nn2c(-c3cc4cc(Cl)ccc4o3)nc3ccccc3c2=O)cc(I)c1OCC(=O)O. The van der Waals surface area contributed by atoms with Gasteiger partial charge in [-0.2, -0.15) is 9.78 Å². The van der Waals surface area contributed by atoms with Crippen molar-refractivity contribution in [2.24, 2.45) is 5.10 Å². The van der Waals surface area contributed by atoms with Gasteiger partial charge in [-0.15, -0.1) is 0 Å². The van der Waals surface area contributed by atoms with Crippen molar-refractivity contribution < 1.29 is 23.8 Å². The van der Waals surface area contributed by atoms with Crippen LogP contribution >= 0.6 is 34.2 Å². The standard InChI is InChI=1S/C27H19ClIN3O6/c1-2-36-22-10-15(9-19(29)25(22)37-14-24(33)34)13-30-32-26(31-20-6-4-3-5-18(20)27(32)35)23-12-16-11-17(28)7-8-21(16)38-23/h3-13H,2,14H2,1H3,(H,33,34). The summed E-state index contributed by atoms with van der Waals surface area (Å²) in [5.41, 5.74) is 1.32. The lowest BCUT2D eigenvalue weighted by atomic mass is 10.2. The Labute approximate surface area is 234 Å². The number of hydrogen-bond donors (Lipinski definition) is 1. The van der Waals surface area contributed by atoms with Gasteiger partial charge in [0.1, 0.15) is 5.58 Å². The Kier molecular flexibility index (Phi) is 7.34. The highest BCUT2D eigenvalue weighted by atomic mass is 127. The Morgan fingerprint density at radius 3 is 2.79 bits per heavy atom. The van der Waals surface area contributed by atoms with E-state index in [1.54, 1.807) is 60.7 Å². The minimum Gasteiger partial charge on any atom is -0.490 e. The van der Waals surface area contributed by atoms with Crippen LogP contribution in [-0.4, -0.2) is 40.2 Å². The molecule has 0 aliphatic rings. The molecule has 0 aliphatic heterocycles.